The molecule has 0 saturated heterocycles. The Morgan fingerprint density at radius 3 is 2.20 bits per heavy atom. The first-order valence-electron chi connectivity index (χ1n) is 11.7. The van der Waals surface area contributed by atoms with Gasteiger partial charge < -0.3 is 4.90 Å². The maximum absolute atomic E-state index is 13.0. The van der Waals surface area contributed by atoms with Crippen molar-refractivity contribution in [1.82, 2.24) is 24.7 Å². The van der Waals surface area contributed by atoms with Crippen LogP contribution in [-0.4, -0.2) is 31.3 Å². The van der Waals surface area contributed by atoms with E-state index in [2.05, 4.69) is 51.7 Å². The minimum absolute atomic E-state index is 0.278. The highest BCUT2D eigenvalue weighted by Crippen LogP contribution is 2.36. The number of hydrogen-bond acceptors (Lipinski definition) is 5. The van der Waals surface area contributed by atoms with Crippen molar-refractivity contribution < 1.29 is 13.2 Å². The van der Waals surface area contributed by atoms with Crippen molar-refractivity contribution in [3.05, 3.63) is 83.1 Å². The third-order valence-corrected chi connectivity index (χ3v) is 6.41. The molecule has 1 aliphatic rings. The minimum atomic E-state index is -4.47. The Morgan fingerprint density at radius 1 is 0.943 bits per heavy atom. The first kappa shape index (κ1) is 23.0. The Bertz CT molecular complexity index is 1310. The molecule has 0 saturated carbocycles. The van der Waals surface area contributed by atoms with E-state index in [1.165, 1.54) is 11.1 Å². The molecule has 0 atom stereocenters. The Morgan fingerprint density at radius 2 is 1.60 bits per heavy atom. The maximum atomic E-state index is 13.0. The van der Waals surface area contributed by atoms with Gasteiger partial charge in [-0.3, -0.25) is 4.98 Å². The molecule has 180 valence electrons. The number of para-hydroxylation sites is 1. The summed E-state index contributed by atoms with van der Waals surface area (Å²) < 4.78 is 41.0. The highest BCUT2D eigenvalue weighted by Gasteiger charge is 2.32. The number of anilines is 1. The summed E-state index contributed by atoms with van der Waals surface area (Å²) in [4.78, 5) is 14.1. The van der Waals surface area contributed by atoms with E-state index < -0.39 is 11.7 Å². The summed E-state index contributed by atoms with van der Waals surface area (Å²) >= 11 is 0. The summed E-state index contributed by atoms with van der Waals surface area (Å²) in [6.07, 6.45) is 3.11. The van der Waals surface area contributed by atoms with Gasteiger partial charge in [0.2, 0.25) is 5.95 Å². The van der Waals surface area contributed by atoms with Crippen LogP contribution in [0.3, 0.4) is 0 Å². The molecule has 0 unspecified atom stereocenters. The second kappa shape index (κ2) is 9.13. The van der Waals surface area contributed by atoms with E-state index in [1.807, 2.05) is 17.0 Å². The number of pyridine rings is 1. The first-order chi connectivity index (χ1) is 16.9. The van der Waals surface area contributed by atoms with Gasteiger partial charge in [-0.05, 0) is 36.1 Å². The van der Waals surface area contributed by atoms with Crippen LogP contribution in [-0.2, 0) is 32.0 Å². The molecule has 3 aromatic heterocycles. The molecule has 0 aliphatic carbocycles. The third kappa shape index (κ3) is 4.26. The lowest BCUT2D eigenvalue weighted by molar-refractivity contribution is -0.138. The summed E-state index contributed by atoms with van der Waals surface area (Å²) in [5.74, 6) is 0.278. The fraction of sp³-hybridized carbons (Fsp3) is 0.308. The van der Waals surface area contributed by atoms with Crippen molar-refractivity contribution in [2.75, 3.05) is 11.4 Å². The van der Waals surface area contributed by atoms with Crippen LogP contribution in [0.2, 0.25) is 0 Å². The molecule has 0 bridgehead atoms. The number of aromatic nitrogens is 5. The second-order valence-electron chi connectivity index (χ2n) is 8.49. The zero-order chi connectivity index (χ0) is 24.6. The van der Waals surface area contributed by atoms with Crippen LogP contribution >= 0.6 is 0 Å². The van der Waals surface area contributed by atoms with Gasteiger partial charge in [0.25, 0.3) is 0 Å². The lowest BCUT2D eigenvalue weighted by Crippen LogP contribution is -2.31. The number of hydrogen-bond donors (Lipinski definition) is 0. The Labute approximate surface area is 201 Å². The van der Waals surface area contributed by atoms with Crippen molar-refractivity contribution in [2.45, 2.75) is 45.8 Å². The average molecular weight is 479 g/mol. The van der Waals surface area contributed by atoms with Gasteiger partial charge in [-0.2, -0.15) is 18.3 Å². The Balaban J connectivity index is 1.63. The van der Waals surface area contributed by atoms with Crippen LogP contribution in [0, 0.1) is 0 Å². The van der Waals surface area contributed by atoms with Crippen LogP contribution in [0.25, 0.3) is 16.9 Å². The molecule has 1 aliphatic heterocycles. The van der Waals surface area contributed by atoms with Crippen LogP contribution in [0.5, 0.6) is 0 Å². The molecular formula is C26H25F3N6. The van der Waals surface area contributed by atoms with Crippen molar-refractivity contribution in [2.24, 2.45) is 0 Å². The number of fused-ring (bicyclic) bond motifs is 1. The van der Waals surface area contributed by atoms with Gasteiger partial charge in [0.15, 0.2) is 0 Å². The van der Waals surface area contributed by atoms with E-state index in [0.29, 0.717) is 19.5 Å². The van der Waals surface area contributed by atoms with E-state index in [0.717, 1.165) is 53.4 Å². The normalized spacial score (nSPS) is 13.7. The molecule has 5 rings (SSSR count). The largest absolute Gasteiger partial charge is 0.419 e. The fourth-order valence-electron chi connectivity index (χ4n) is 4.63. The molecule has 0 N–H and O–H groups in total. The summed E-state index contributed by atoms with van der Waals surface area (Å²) in [6, 6.07) is 10.3. The molecule has 4 aromatic rings. The average Bonchev–Trinajstić information content (AvgIpc) is 3.26. The summed E-state index contributed by atoms with van der Waals surface area (Å²) in [6.45, 7) is 5.30. The minimum Gasteiger partial charge on any atom is -0.336 e. The van der Waals surface area contributed by atoms with Crippen LogP contribution in [0.1, 0.15) is 41.8 Å². The Kier molecular flexibility index (Phi) is 6.00. The van der Waals surface area contributed by atoms with Gasteiger partial charge in [0.1, 0.15) is 0 Å². The van der Waals surface area contributed by atoms with Crippen LogP contribution in [0.15, 0.2) is 55.1 Å². The molecule has 35 heavy (non-hydrogen) atoms. The molecule has 1 aromatic carbocycles. The quantitative estimate of drug-likeness (QED) is 0.383. The topological polar surface area (TPSA) is 59.7 Å². The lowest BCUT2D eigenvalue weighted by Gasteiger charge is -2.27. The summed E-state index contributed by atoms with van der Waals surface area (Å²) in [5, 5.41) is 5.07. The van der Waals surface area contributed by atoms with E-state index >= 15 is 0 Å². The van der Waals surface area contributed by atoms with Crippen LogP contribution in [0.4, 0.5) is 19.1 Å². The van der Waals surface area contributed by atoms with Gasteiger partial charge >= 0.3 is 6.18 Å². The van der Waals surface area contributed by atoms with Gasteiger partial charge in [0.05, 0.1) is 22.6 Å². The monoisotopic (exact) mass is 478 g/mol. The third-order valence-electron chi connectivity index (χ3n) is 6.41. The molecular weight excluding hydrogens is 453 g/mol. The highest BCUT2D eigenvalue weighted by atomic mass is 19.4. The zero-order valence-corrected chi connectivity index (χ0v) is 19.5. The first-order valence-corrected chi connectivity index (χ1v) is 11.7. The summed E-state index contributed by atoms with van der Waals surface area (Å²) in [7, 11) is 0. The maximum Gasteiger partial charge on any atom is 0.419 e. The van der Waals surface area contributed by atoms with Gasteiger partial charge in [-0.15, -0.1) is 0 Å². The number of benzene rings is 1. The molecule has 4 heterocycles. The number of rotatable bonds is 5. The van der Waals surface area contributed by atoms with E-state index in [-0.39, 0.29) is 5.95 Å². The highest BCUT2D eigenvalue weighted by molar-refractivity contribution is 5.69. The van der Waals surface area contributed by atoms with E-state index in [9.17, 15) is 13.2 Å². The Hall–Kier alpha value is -3.75. The van der Waals surface area contributed by atoms with E-state index in [4.69, 9.17) is 5.10 Å². The SMILES string of the molecule is CCc1cccc(CC)c1-n1nc2c(c1-c1ccncc1)CN(c1ncc(C(F)(F)F)cn1)CC2. The second-order valence-corrected chi connectivity index (χ2v) is 8.49. The number of alkyl halides is 3. The molecule has 9 heteroatoms. The molecule has 6 nitrogen and oxygen atoms in total. The van der Waals surface area contributed by atoms with Gasteiger partial charge in [-0.25, -0.2) is 14.6 Å². The number of aryl methyl sites for hydroxylation is 2. The number of halogens is 3. The summed E-state index contributed by atoms with van der Waals surface area (Å²) in [5.41, 5.74) is 6.62. The lowest BCUT2D eigenvalue weighted by atomic mass is 9.99. The molecule has 0 spiro atoms. The van der Waals surface area contributed by atoms with Gasteiger partial charge in [-0.1, -0.05) is 32.0 Å². The molecule has 0 radical (unpaired) electrons. The van der Waals surface area contributed by atoms with Crippen LogP contribution < -0.4 is 4.90 Å². The smallest absolute Gasteiger partial charge is 0.336 e. The predicted octanol–water partition coefficient (Wildman–Crippen LogP) is 5.43. The molecule has 0 amide bonds. The van der Waals surface area contributed by atoms with Crippen molar-refractivity contribution >= 4 is 5.95 Å². The fourth-order valence-corrected chi connectivity index (χ4v) is 4.63. The van der Waals surface area contributed by atoms with Crippen molar-refractivity contribution in [3.63, 3.8) is 0 Å². The van der Waals surface area contributed by atoms with E-state index in [1.54, 1.807) is 12.4 Å². The van der Waals surface area contributed by atoms with Crippen molar-refractivity contribution in [3.8, 4) is 16.9 Å². The zero-order valence-electron chi connectivity index (χ0n) is 19.5. The van der Waals surface area contributed by atoms with Gasteiger partial charge in [0, 0.05) is 55.4 Å². The predicted molar refractivity (Wildman–Crippen MR) is 127 cm³/mol. The molecule has 0 fully saturated rings. The number of nitrogens with zero attached hydrogens (tertiary/aromatic N) is 6. The van der Waals surface area contributed by atoms with Crippen molar-refractivity contribution in [1.29, 1.82) is 0 Å². The standard InChI is InChI=1S/C26H25F3N6/c1-3-17-6-5-7-18(4-2)23(17)35-24(19-8-11-30-12-9-19)21-16-34(13-10-22(21)33-35)25-31-14-20(15-32-25)26(27,28)29/h5-9,11-12,14-15H,3-4,10,13,16H2,1-2H3.